The van der Waals surface area contributed by atoms with Gasteiger partial charge in [-0.2, -0.15) is 0 Å². The first kappa shape index (κ1) is 16.1. The third-order valence-electron chi connectivity index (χ3n) is 2.88. The van der Waals surface area contributed by atoms with E-state index in [9.17, 15) is 14.4 Å². The Balaban J connectivity index is 0.00000180. The minimum Gasteiger partial charge on any atom is -0.584 e. The minimum absolute atomic E-state index is 0. The van der Waals surface area contributed by atoms with Gasteiger partial charge >= 0.3 is 11.1 Å². The monoisotopic (exact) mass is 474 g/mol. The Labute approximate surface area is 143 Å². The van der Waals surface area contributed by atoms with Crippen molar-refractivity contribution in [3.8, 4) is 0 Å². The molecule has 1 aromatic carbocycles. The number of rotatable bonds is 1. The molecule has 8 heteroatoms. The van der Waals surface area contributed by atoms with Gasteiger partial charge in [0, 0.05) is 44.1 Å². The maximum atomic E-state index is 11.7. The average Bonchev–Trinajstić information content (AvgIpc) is 2.33. The molecular formula is C11H11AcN4O3-. The predicted molar refractivity (Wildman–Crippen MR) is 66.5 cm³/mol. The molecular weight excluding hydrogens is 463 g/mol. The largest absolute Gasteiger partial charge is 0.584 e. The number of carbonyl (C=O) groups excluding carboxylic acids is 1. The van der Waals surface area contributed by atoms with E-state index in [4.69, 9.17) is 5.84 Å². The zero-order valence-electron chi connectivity index (χ0n) is 10.4. The number of hydrogen-bond donors (Lipinski definition) is 3. The van der Waals surface area contributed by atoms with Crippen LogP contribution in [-0.2, 0) is 0 Å². The Bertz CT molecular complexity index is 763. The Kier molecular flexibility index (Phi) is 5.07. The number of aromatic amines is 2. The van der Waals surface area contributed by atoms with Crippen molar-refractivity contribution in [1.82, 2.24) is 15.4 Å². The van der Waals surface area contributed by atoms with Crippen molar-refractivity contribution in [2.45, 2.75) is 13.8 Å². The van der Waals surface area contributed by atoms with Gasteiger partial charge in [-0.1, -0.05) is 0 Å². The number of fused-ring (bicyclic) bond motifs is 1. The quantitative estimate of drug-likeness (QED) is 0.414. The SMILES string of the molecule is Cc1cc2[nH]c(=O)c(=O)[nH]c2c(C(=O)N[NH-])c1C.[Ac]. The molecule has 1 radical (unpaired) electrons. The van der Waals surface area contributed by atoms with Crippen LogP contribution in [0, 0.1) is 57.9 Å². The summed E-state index contributed by atoms with van der Waals surface area (Å²) >= 11 is 0. The van der Waals surface area contributed by atoms with Crippen LogP contribution in [0.5, 0.6) is 0 Å². The fourth-order valence-corrected chi connectivity index (χ4v) is 1.84. The molecule has 0 unspecified atom stereocenters. The summed E-state index contributed by atoms with van der Waals surface area (Å²) < 4.78 is 0. The Hall–Kier alpha value is -0.968. The number of carbonyl (C=O) groups is 1. The summed E-state index contributed by atoms with van der Waals surface area (Å²) in [6, 6.07) is 1.67. The molecule has 7 nitrogen and oxygen atoms in total. The Morgan fingerprint density at radius 3 is 2.37 bits per heavy atom. The number of aryl methyl sites for hydroxylation is 1. The molecule has 2 aromatic rings. The molecule has 19 heavy (non-hydrogen) atoms. The van der Waals surface area contributed by atoms with Crippen LogP contribution in [0.4, 0.5) is 0 Å². The Morgan fingerprint density at radius 2 is 1.79 bits per heavy atom. The van der Waals surface area contributed by atoms with Crippen molar-refractivity contribution in [3.63, 3.8) is 0 Å². The van der Waals surface area contributed by atoms with Crippen LogP contribution in [0.1, 0.15) is 21.5 Å². The summed E-state index contributed by atoms with van der Waals surface area (Å²) in [6.45, 7) is 3.49. The van der Waals surface area contributed by atoms with Gasteiger partial charge in [-0.05, 0) is 31.0 Å². The molecule has 0 aliphatic carbocycles. The number of hydrogen-bond acceptors (Lipinski definition) is 3. The van der Waals surface area contributed by atoms with Gasteiger partial charge in [0.05, 0.1) is 16.6 Å². The molecule has 0 bridgehead atoms. The molecule has 0 spiro atoms. The summed E-state index contributed by atoms with van der Waals surface area (Å²) in [4.78, 5) is 39.0. The molecule has 1 aromatic heterocycles. The van der Waals surface area contributed by atoms with E-state index in [1.165, 1.54) is 0 Å². The van der Waals surface area contributed by atoms with E-state index in [-0.39, 0.29) is 55.1 Å². The first-order valence-corrected chi connectivity index (χ1v) is 5.19. The fraction of sp³-hybridized carbons (Fsp3) is 0.182. The second kappa shape index (κ2) is 5.99. The number of benzene rings is 1. The number of amides is 1. The second-order valence-electron chi connectivity index (χ2n) is 3.98. The molecule has 0 saturated carbocycles. The van der Waals surface area contributed by atoms with E-state index >= 15 is 0 Å². The van der Waals surface area contributed by atoms with Gasteiger partial charge in [-0.3, -0.25) is 14.4 Å². The van der Waals surface area contributed by atoms with Crippen molar-refractivity contribution in [3.05, 3.63) is 49.3 Å². The van der Waals surface area contributed by atoms with Crippen LogP contribution in [-0.4, -0.2) is 15.9 Å². The topological polar surface area (TPSA) is 119 Å². The van der Waals surface area contributed by atoms with Crippen molar-refractivity contribution in [1.29, 1.82) is 0 Å². The maximum Gasteiger partial charge on any atom is 0.314 e. The Morgan fingerprint density at radius 1 is 1.21 bits per heavy atom. The van der Waals surface area contributed by atoms with E-state index in [1.54, 1.807) is 25.3 Å². The second-order valence-corrected chi connectivity index (χ2v) is 3.98. The molecule has 0 aliphatic heterocycles. The van der Waals surface area contributed by atoms with Gasteiger partial charge in [0.1, 0.15) is 0 Å². The minimum atomic E-state index is -0.829. The molecule has 4 N–H and O–H groups in total. The number of nitrogens with one attached hydrogen (secondary N) is 4. The van der Waals surface area contributed by atoms with Crippen molar-refractivity contribution in [2.75, 3.05) is 0 Å². The van der Waals surface area contributed by atoms with Crippen LogP contribution in [0.3, 0.4) is 0 Å². The maximum absolute atomic E-state index is 11.7. The predicted octanol–water partition coefficient (Wildman–Crippen LogP) is 0.530. The first-order valence-electron chi connectivity index (χ1n) is 5.19. The molecule has 97 valence electrons. The van der Waals surface area contributed by atoms with E-state index in [2.05, 4.69) is 9.97 Å². The van der Waals surface area contributed by atoms with Gasteiger partial charge in [0.2, 0.25) is 5.91 Å². The standard InChI is InChI=1S/C11H12N4O3.Ac/c1-4-3-6-8(14-11(18)10(17)13-6)7(5(4)2)9(16)15-12;/h3H,1-2H3,(H5,12,13,14,15,16,17,18);/p-1. The van der Waals surface area contributed by atoms with E-state index in [1.807, 2.05) is 0 Å². The van der Waals surface area contributed by atoms with Crippen LogP contribution in [0.25, 0.3) is 16.9 Å². The zero-order valence-corrected chi connectivity index (χ0v) is 15.1. The fourth-order valence-electron chi connectivity index (χ4n) is 1.84. The van der Waals surface area contributed by atoms with Gasteiger partial charge in [0.15, 0.2) is 0 Å². The third kappa shape index (κ3) is 2.81. The van der Waals surface area contributed by atoms with E-state index < -0.39 is 17.0 Å². The first-order chi connectivity index (χ1) is 8.45. The number of H-pyrrole nitrogens is 2. The zero-order chi connectivity index (χ0) is 13.4. The van der Waals surface area contributed by atoms with Crippen LogP contribution in [0.2, 0.25) is 0 Å². The van der Waals surface area contributed by atoms with Crippen molar-refractivity contribution >= 4 is 16.9 Å². The molecule has 1 heterocycles. The van der Waals surface area contributed by atoms with Crippen LogP contribution in [0.15, 0.2) is 15.7 Å². The molecule has 1 amide bonds. The summed E-state index contributed by atoms with van der Waals surface area (Å²) in [5, 5.41) is 0. The average molecular weight is 474 g/mol. The molecule has 2 rings (SSSR count). The van der Waals surface area contributed by atoms with E-state index in [0.717, 1.165) is 5.56 Å². The molecule has 0 saturated heterocycles. The third-order valence-corrected chi connectivity index (χ3v) is 2.88. The van der Waals surface area contributed by atoms with Gasteiger partial charge < -0.3 is 21.2 Å². The molecule has 0 atom stereocenters. The van der Waals surface area contributed by atoms with Crippen molar-refractivity contribution < 1.29 is 48.9 Å². The van der Waals surface area contributed by atoms with E-state index in [0.29, 0.717) is 11.1 Å². The van der Waals surface area contributed by atoms with Crippen LogP contribution < -0.4 is 16.5 Å². The smallest absolute Gasteiger partial charge is 0.314 e. The molecule has 0 aliphatic rings. The van der Waals surface area contributed by atoms with Gasteiger partial charge in [0.25, 0.3) is 0 Å². The number of aromatic nitrogens is 2. The van der Waals surface area contributed by atoms with Gasteiger partial charge in [-0.25, -0.2) is 0 Å². The molecule has 0 fully saturated rings. The van der Waals surface area contributed by atoms with Crippen LogP contribution >= 0.6 is 0 Å². The summed E-state index contributed by atoms with van der Waals surface area (Å²) in [5.74, 6) is 6.29. The summed E-state index contributed by atoms with van der Waals surface area (Å²) in [7, 11) is 0. The van der Waals surface area contributed by atoms with Gasteiger partial charge in [-0.15, -0.1) is 0 Å². The normalized spacial score (nSPS) is 10.1. The van der Waals surface area contributed by atoms with Crippen molar-refractivity contribution in [2.24, 2.45) is 0 Å². The summed E-state index contributed by atoms with van der Waals surface area (Å²) in [6.07, 6.45) is 0. The summed E-state index contributed by atoms with van der Waals surface area (Å²) in [5.41, 5.74) is 2.38.